The van der Waals surface area contributed by atoms with Crippen LogP contribution in [0.25, 0.3) is 0 Å². The number of rotatable bonds is 3. The number of carbonyl (C=O) groups is 1. The molecule has 3 heteroatoms. The van der Waals surface area contributed by atoms with Gasteiger partial charge in [0.2, 0.25) is 5.91 Å². The number of para-hydroxylation sites is 2. The summed E-state index contributed by atoms with van der Waals surface area (Å²) in [6, 6.07) is 16.7. The number of hydrogen-bond acceptors (Lipinski definition) is 2. The first-order valence-electron chi connectivity index (χ1n) is 7.85. The summed E-state index contributed by atoms with van der Waals surface area (Å²) in [4.78, 5) is 14.7. The quantitative estimate of drug-likeness (QED) is 0.934. The minimum Gasteiger partial charge on any atom is -0.359 e. The fourth-order valence-electron chi connectivity index (χ4n) is 3.06. The Hall–Kier alpha value is -2.29. The average molecular weight is 294 g/mol. The van der Waals surface area contributed by atoms with Gasteiger partial charge in [0.25, 0.3) is 0 Å². The number of nitrogens with one attached hydrogen (secondary N) is 1. The Bertz CT molecular complexity index is 681. The Morgan fingerprint density at radius 3 is 2.73 bits per heavy atom. The second kappa shape index (κ2) is 6.22. The first-order valence-corrected chi connectivity index (χ1v) is 7.85. The van der Waals surface area contributed by atoms with Crippen molar-refractivity contribution in [2.24, 2.45) is 0 Å². The molecule has 22 heavy (non-hydrogen) atoms. The highest BCUT2D eigenvalue weighted by molar-refractivity contribution is 5.95. The molecule has 1 atom stereocenters. The van der Waals surface area contributed by atoms with Gasteiger partial charge in [-0.25, -0.2) is 0 Å². The number of aryl methyl sites for hydroxylation is 2. The second-order valence-corrected chi connectivity index (χ2v) is 6.01. The minimum atomic E-state index is 0.0397. The summed E-state index contributed by atoms with van der Waals surface area (Å²) < 4.78 is 0. The van der Waals surface area contributed by atoms with E-state index in [0.717, 1.165) is 24.1 Å². The van der Waals surface area contributed by atoms with E-state index in [2.05, 4.69) is 35.3 Å². The maximum absolute atomic E-state index is 12.4. The summed E-state index contributed by atoms with van der Waals surface area (Å²) in [5.41, 5.74) is 4.51. The van der Waals surface area contributed by atoms with Crippen LogP contribution in [-0.4, -0.2) is 18.5 Å². The fraction of sp³-hybridized carbons (Fsp3) is 0.316. The third kappa shape index (κ3) is 2.98. The van der Waals surface area contributed by atoms with Crippen LogP contribution in [0.3, 0.4) is 0 Å². The molecule has 0 saturated heterocycles. The molecule has 3 rings (SSSR count). The summed E-state index contributed by atoms with van der Waals surface area (Å²) in [6.45, 7) is 4.60. The van der Waals surface area contributed by atoms with E-state index in [1.807, 2.05) is 37.3 Å². The molecule has 0 unspecified atom stereocenters. The van der Waals surface area contributed by atoms with Crippen LogP contribution in [0, 0.1) is 6.92 Å². The zero-order valence-corrected chi connectivity index (χ0v) is 13.2. The number of carbonyl (C=O) groups excluding carboxylic acids is 1. The van der Waals surface area contributed by atoms with Crippen molar-refractivity contribution in [3.05, 3.63) is 59.7 Å². The third-order valence-electron chi connectivity index (χ3n) is 4.40. The van der Waals surface area contributed by atoms with Gasteiger partial charge in [-0.1, -0.05) is 36.4 Å². The summed E-state index contributed by atoms with van der Waals surface area (Å²) in [5, 5.41) is 3.03. The van der Waals surface area contributed by atoms with Crippen molar-refractivity contribution in [1.82, 2.24) is 0 Å². The van der Waals surface area contributed by atoms with E-state index in [9.17, 15) is 4.79 Å². The largest absolute Gasteiger partial charge is 0.359 e. The second-order valence-electron chi connectivity index (χ2n) is 6.01. The molecule has 0 aliphatic carbocycles. The van der Waals surface area contributed by atoms with Crippen LogP contribution in [0.15, 0.2) is 48.5 Å². The van der Waals surface area contributed by atoms with Gasteiger partial charge >= 0.3 is 0 Å². The zero-order valence-electron chi connectivity index (χ0n) is 13.2. The molecule has 0 aromatic heterocycles. The first-order chi connectivity index (χ1) is 10.6. The van der Waals surface area contributed by atoms with Crippen molar-refractivity contribution in [2.75, 3.05) is 16.8 Å². The number of amides is 1. The van der Waals surface area contributed by atoms with Crippen LogP contribution in [0.4, 0.5) is 11.4 Å². The molecule has 1 amide bonds. The molecule has 114 valence electrons. The van der Waals surface area contributed by atoms with Crippen LogP contribution < -0.4 is 10.2 Å². The monoisotopic (exact) mass is 294 g/mol. The van der Waals surface area contributed by atoms with Crippen molar-refractivity contribution >= 4 is 17.3 Å². The van der Waals surface area contributed by atoms with Gasteiger partial charge in [-0.05, 0) is 49.9 Å². The van der Waals surface area contributed by atoms with Crippen molar-refractivity contribution in [3.63, 3.8) is 0 Å². The number of benzene rings is 2. The van der Waals surface area contributed by atoms with Crippen molar-refractivity contribution in [2.45, 2.75) is 32.7 Å². The molecule has 3 nitrogen and oxygen atoms in total. The van der Waals surface area contributed by atoms with Crippen LogP contribution in [0.1, 0.15) is 24.5 Å². The summed E-state index contributed by atoms with van der Waals surface area (Å²) in [6.07, 6.45) is 2.18. The molecule has 0 radical (unpaired) electrons. The standard InChI is InChI=1S/C19H22N2O/c1-14-7-3-5-9-17(14)20-19(22)13-21-15(2)11-12-16-8-4-6-10-18(16)21/h3-10,15H,11-13H2,1-2H3,(H,20,22)/t15-/m0/s1. The summed E-state index contributed by atoms with van der Waals surface area (Å²) in [5.74, 6) is 0.0397. The Balaban J connectivity index is 1.75. The average Bonchev–Trinajstić information content (AvgIpc) is 2.52. The Morgan fingerprint density at radius 1 is 1.18 bits per heavy atom. The molecular formula is C19H22N2O. The smallest absolute Gasteiger partial charge is 0.243 e. The van der Waals surface area contributed by atoms with Gasteiger partial charge in [-0.3, -0.25) is 4.79 Å². The molecule has 0 spiro atoms. The lowest BCUT2D eigenvalue weighted by Crippen LogP contribution is -2.42. The number of anilines is 2. The molecule has 2 aromatic carbocycles. The molecule has 1 aliphatic heterocycles. The van der Waals surface area contributed by atoms with Crippen LogP contribution in [0.5, 0.6) is 0 Å². The Labute approximate surface area is 132 Å². The summed E-state index contributed by atoms with van der Waals surface area (Å²) >= 11 is 0. The normalized spacial score (nSPS) is 17.0. The predicted molar refractivity (Wildman–Crippen MR) is 91.4 cm³/mol. The topological polar surface area (TPSA) is 32.3 Å². The fourth-order valence-corrected chi connectivity index (χ4v) is 3.06. The van der Waals surface area contributed by atoms with Crippen molar-refractivity contribution < 1.29 is 4.79 Å². The van der Waals surface area contributed by atoms with Gasteiger partial charge in [-0.2, -0.15) is 0 Å². The highest BCUT2D eigenvalue weighted by Crippen LogP contribution is 2.30. The minimum absolute atomic E-state index is 0.0397. The lowest BCUT2D eigenvalue weighted by Gasteiger charge is -2.36. The van der Waals surface area contributed by atoms with Crippen LogP contribution in [0.2, 0.25) is 0 Å². The molecule has 0 saturated carbocycles. The molecule has 0 fully saturated rings. The van der Waals surface area contributed by atoms with E-state index in [-0.39, 0.29) is 5.91 Å². The van der Waals surface area contributed by atoms with Crippen molar-refractivity contribution in [1.29, 1.82) is 0 Å². The van der Waals surface area contributed by atoms with Gasteiger partial charge < -0.3 is 10.2 Å². The number of fused-ring (bicyclic) bond motifs is 1. The van der Waals surface area contributed by atoms with Crippen LogP contribution in [-0.2, 0) is 11.2 Å². The van der Waals surface area contributed by atoms with Gasteiger partial charge in [0.1, 0.15) is 0 Å². The summed E-state index contributed by atoms with van der Waals surface area (Å²) in [7, 11) is 0. The van der Waals surface area contributed by atoms with E-state index in [1.165, 1.54) is 11.3 Å². The van der Waals surface area contributed by atoms with E-state index in [1.54, 1.807) is 0 Å². The highest BCUT2D eigenvalue weighted by Gasteiger charge is 2.24. The van der Waals surface area contributed by atoms with Crippen molar-refractivity contribution in [3.8, 4) is 0 Å². The van der Waals surface area contributed by atoms with E-state index >= 15 is 0 Å². The van der Waals surface area contributed by atoms with E-state index in [4.69, 9.17) is 0 Å². The predicted octanol–water partition coefficient (Wildman–Crippen LogP) is 3.77. The van der Waals surface area contributed by atoms with Gasteiger partial charge in [0.15, 0.2) is 0 Å². The zero-order chi connectivity index (χ0) is 15.5. The number of hydrogen-bond donors (Lipinski definition) is 1. The van der Waals surface area contributed by atoms with E-state index in [0.29, 0.717) is 12.6 Å². The number of nitrogens with zero attached hydrogens (tertiary/aromatic N) is 1. The van der Waals surface area contributed by atoms with Gasteiger partial charge in [0.05, 0.1) is 6.54 Å². The SMILES string of the molecule is Cc1ccccc1NC(=O)CN1c2ccccc2CC[C@@H]1C. The maximum Gasteiger partial charge on any atom is 0.243 e. The molecule has 0 bridgehead atoms. The van der Waals surface area contributed by atoms with E-state index < -0.39 is 0 Å². The molecule has 1 N–H and O–H groups in total. The molecule has 2 aromatic rings. The highest BCUT2D eigenvalue weighted by atomic mass is 16.2. The van der Waals surface area contributed by atoms with Gasteiger partial charge in [-0.15, -0.1) is 0 Å². The Kier molecular flexibility index (Phi) is 4.14. The van der Waals surface area contributed by atoms with Gasteiger partial charge in [0, 0.05) is 17.4 Å². The maximum atomic E-state index is 12.4. The third-order valence-corrected chi connectivity index (χ3v) is 4.40. The van der Waals surface area contributed by atoms with Crippen LogP contribution >= 0.6 is 0 Å². The first kappa shape index (κ1) is 14.6. The molecule has 1 aliphatic rings. The Morgan fingerprint density at radius 2 is 1.91 bits per heavy atom. The lowest BCUT2D eigenvalue weighted by molar-refractivity contribution is -0.115. The lowest BCUT2D eigenvalue weighted by atomic mass is 9.96. The molecule has 1 heterocycles. The molecular weight excluding hydrogens is 272 g/mol.